The average Bonchev–Trinajstić information content (AvgIpc) is 2.83. The number of benzene rings is 1. The van der Waals surface area contributed by atoms with Crippen molar-refractivity contribution < 1.29 is 0 Å². The van der Waals surface area contributed by atoms with E-state index < -0.39 is 0 Å². The lowest BCUT2D eigenvalue weighted by atomic mass is 10.1. The van der Waals surface area contributed by atoms with E-state index in [1.807, 2.05) is 23.9 Å². The maximum Gasteiger partial charge on any atom is 0.0453 e. The first-order valence-electron chi connectivity index (χ1n) is 6.46. The van der Waals surface area contributed by atoms with Crippen LogP contribution in [0.25, 0.3) is 0 Å². The van der Waals surface area contributed by atoms with Crippen LogP contribution in [0.3, 0.4) is 0 Å². The van der Waals surface area contributed by atoms with E-state index in [9.17, 15) is 0 Å². The van der Waals surface area contributed by atoms with Crippen LogP contribution in [0.5, 0.6) is 0 Å². The zero-order valence-electron chi connectivity index (χ0n) is 10.4. The van der Waals surface area contributed by atoms with Gasteiger partial charge in [-0.1, -0.05) is 42.1 Å². The molecule has 1 aromatic rings. The number of hydrogen-bond donors (Lipinski definition) is 1. The zero-order chi connectivity index (χ0) is 13.0. The molecule has 0 saturated heterocycles. The molecule has 1 atom stereocenters. The normalized spacial score (nSPS) is 18.2. The lowest BCUT2D eigenvalue weighted by molar-refractivity contribution is 0.745. The van der Waals surface area contributed by atoms with Crippen LogP contribution in [0.2, 0.25) is 10.0 Å². The number of nitrogens with two attached hydrogens (primary N) is 1. The maximum atomic E-state index is 6.18. The predicted octanol–water partition coefficient (Wildman–Crippen LogP) is 4.54. The molecule has 1 aliphatic carbocycles. The van der Waals surface area contributed by atoms with Crippen molar-refractivity contribution in [2.75, 3.05) is 5.75 Å². The van der Waals surface area contributed by atoms with Gasteiger partial charge in [-0.2, -0.15) is 11.8 Å². The third kappa shape index (κ3) is 4.34. The van der Waals surface area contributed by atoms with Crippen molar-refractivity contribution in [1.82, 2.24) is 0 Å². The van der Waals surface area contributed by atoms with Crippen molar-refractivity contribution in [3.8, 4) is 0 Å². The van der Waals surface area contributed by atoms with Gasteiger partial charge in [-0.3, -0.25) is 0 Å². The van der Waals surface area contributed by atoms with Gasteiger partial charge in [0.1, 0.15) is 0 Å². The van der Waals surface area contributed by atoms with Crippen LogP contribution in [-0.4, -0.2) is 17.0 Å². The molecule has 1 unspecified atom stereocenters. The molecule has 4 heteroatoms. The van der Waals surface area contributed by atoms with Crippen molar-refractivity contribution >= 4 is 35.0 Å². The Morgan fingerprint density at radius 1 is 1.28 bits per heavy atom. The molecule has 1 saturated carbocycles. The highest BCUT2D eigenvalue weighted by Gasteiger charge is 2.17. The van der Waals surface area contributed by atoms with Crippen LogP contribution in [-0.2, 0) is 6.42 Å². The Morgan fingerprint density at radius 2 is 2.00 bits per heavy atom. The molecule has 100 valence electrons. The van der Waals surface area contributed by atoms with Gasteiger partial charge < -0.3 is 5.73 Å². The third-order valence-corrected chi connectivity index (χ3v) is 5.50. The molecule has 2 rings (SSSR count). The minimum Gasteiger partial charge on any atom is -0.327 e. The summed E-state index contributed by atoms with van der Waals surface area (Å²) in [6.45, 7) is 0. The van der Waals surface area contributed by atoms with Crippen LogP contribution in [0.1, 0.15) is 31.2 Å². The summed E-state index contributed by atoms with van der Waals surface area (Å²) in [5, 5.41) is 2.23. The fraction of sp³-hybridized carbons (Fsp3) is 0.571. The quantitative estimate of drug-likeness (QED) is 0.864. The van der Waals surface area contributed by atoms with Crippen molar-refractivity contribution in [2.24, 2.45) is 5.73 Å². The number of rotatable bonds is 5. The molecule has 18 heavy (non-hydrogen) atoms. The third-order valence-electron chi connectivity index (χ3n) is 3.35. The minimum absolute atomic E-state index is 0.175. The van der Waals surface area contributed by atoms with Gasteiger partial charge in [0.15, 0.2) is 0 Å². The molecule has 1 aromatic carbocycles. The van der Waals surface area contributed by atoms with Gasteiger partial charge in [0, 0.05) is 27.1 Å². The van der Waals surface area contributed by atoms with Gasteiger partial charge in [-0.05, 0) is 37.0 Å². The Hall–Kier alpha value is 0.110. The SMILES string of the molecule is NC(CSC1CCCC1)Cc1ccc(Cl)cc1Cl. The number of hydrogen-bond acceptors (Lipinski definition) is 2. The molecule has 1 nitrogen and oxygen atoms in total. The Morgan fingerprint density at radius 3 is 2.67 bits per heavy atom. The van der Waals surface area contributed by atoms with Crippen LogP contribution in [0.4, 0.5) is 0 Å². The lowest BCUT2D eigenvalue weighted by Gasteiger charge is -2.15. The highest BCUT2D eigenvalue weighted by Crippen LogP contribution is 2.30. The van der Waals surface area contributed by atoms with Gasteiger partial charge in [0.2, 0.25) is 0 Å². The molecule has 0 bridgehead atoms. The van der Waals surface area contributed by atoms with E-state index >= 15 is 0 Å². The highest BCUT2D eigenvalue weighted by atomic mass is 35.5. The molecule has 1 aliphatic rings. The molecule has 0 amide bonds. The summed E-state index contributed by atoms with van der Waals surface area (Å²) in [6, 6.07) is 5.81. The second-order valence-electron chi connectivity index (χ2n) is 4.94. The Kier molecular flexibility index (Phi) is 5.68. The smallest absolute Gasteiger partial charge is 0.0453 e. The van der Waals surface area contributed by atoms with E-state index in [1.54, 1.807) is 6.07 Å². The summed E-state index contributed by atoms with van der Waals surface area (Å²) in [5.74, 6) is 1.02. The highest BCUT2D eigenvalue weighted by molar-refractivity contribution is 7.99. The van der Waals surface area contributed by atoms with E-state index in [2.05, 4.69) is 0 Å². The van der Waals surface area contributed by atoms with Crippen molar-refractivity contribution in [2.45, 2.75) is 43.4 Å². The number of halogens is 2. The minimum atomic E-state index is 0.175. The van der Waals surface area contributed by atoms with E-state index in [0.717, 1.165) is 28.0 Å². The predicted molar refractivity (Wildman–Crippen MR) is 82.9 cm³/mol. The van der Waals surface area contributed by atoms with E-state index in [4.69, 9.17) is 28.9 Å². The first-order valence-corrected chi connectivity index (χ1v) is 8.26. The topological polar surface area (TPSA) is 26.0 Å². The Labute approximate surface area is 123 Å². The molecule has 1 fully saturated rings. The standard InChI is InChI=1S/C14H19Cl2NS/c15-11-6-5-10(14(16)8-11)7-12(17)9-18-13-3-1-2-4-13/h5-6,8,12-13H,1-4,7,9,17H2. The van der Waals surface area contributed by atoms with Gasteiger partial charge in [0.05, 0.1) is 0 Å². The second-order valence-corrected chi connectivity index (χ2v) is 7.12. The van der Waals surface area contributed by atoms with E-state index in [0.29, 0.717) is 5.02 Å². The van der Waals surface area contributed by atoms with Crippen LogP contribution in [0.15, 0.2) is 18.2 Å². The first-order chi connectivity index (χ1) is 8.65. The molecular formula is C14H19Cl2NS. The monoisotopic (exact) mass is 303 g/mol. The van der Waals surface area contributed by atoms with E-state index in [1.165, 1.54) is 25.7 Å². The van der Waals surface area contributed by atoms with Crippen molar-refractivity contribution in [1.29, 1.82) is 0 Å². The fourth-order valence-corrected chi connectivity index (χ4v) is 4.13. The molecule has 0 radical (unpaired) electrons. The summed E-state index contributed by atoms with van der Waals surface area (Å²) in [5.41, 5.74) is 7.28. The van der Waals surface area contributed by atoms with Gasteiger partial charge in [-0.15, -0.1) is 0 Å². The van der Waals surface area contributed by atoms with Crippen molar-refractivity contribution in [3.63, 3.8) is 0 Å². The van der Waals surface area contributed by atoms with Crippen molar-refractivity contribution in [3.05, 3.63) is 33.8 Å². The summed E-state index contributed by atoms with van der Waals surface area (Å²) in [7, 11) is 0. The fourth-order valence-electron chi connectivity index (χ4n) is 2.34. The molecule has 0 heterocycles. The maximum absolute atomic E-state index is 6.18. The molecule has 0 aliphatic heterocycles. The largest absolute Gasteiger partial charge is 0.327 e. The molecule has 2 N–H and O–H groups in total. The van der Waals surface area contributed by atoms with Gasteiger partial charge in [-0.25, -0.2) is 0 Å². The Bertz CT molecular complexity index is 391. The zero-order valence-corrected chi connectivity index (χ0v) is 12.7. The van der Waals surface area contributed by atoms with E-state index in [-0.39, 0.29) is 6.04 Å². The van der Waals surface area contributed by atoms with Crippen LogP contribution < -0.4 is 5.73 Å². The molecule has 0 spiro atoms. The first kappa shape index (κ1) is 14.5. The molecule has 0 aromatic heterocycles. The van der Waals surface area contributed by atoms with Gasteiger partial charge >= 0.3 is 0 Å². The molecular weight excluding hydrogens is 285 g/mol. The van der Waals surface area contributed by atoms with Crippen LogP contribution >= 0.6 is 35.0 Å². The lowest BCUT2D eigenvalue weighted by Crippen LogP contribution is -2.26. The van der Waals surface area contributed by atoms with Gasteiger partial charge in [0.25, 0.3) is 0 Å². The number of thioether (sulfide) groups is 1. The van der Waals surface area contributed by atoms with Crippen LogP contribution in [0, 0.1) is 0 Å². The summed E-state index contributed by atoms with van der Waals surface area (Å²) in [6.07, 6.45) is 6.32. The Balaban J connectivity index is 1.80. The second kappa shape index (κ2) is 7.04. The summed E-state index contributed by atoms with van der Waals surface area (Å²) >= 11 is 14.1. The summed E-state index contributed by atoms with van der Waals surface area (Å²) < 4.78 is 0. The summed E-state index contributed by atoms with van der Waals surface area (Å²) in [4.78, 5) is 0. The average molecular weight is 304 g/mol.